The predicted molar refractivity (Wildman–Crippen MR) is 133 cm³/mol. The van der Waals surface area contributed by atoms with Gasteiger partial charge in [0.15, 0.2) is 11.6 Å². The number of benzene rings is 2. The van der Waals surface area contributed by atoms with Crippen molar-refractivity contribution in [3.63, 3.8) is 0 Å². The van der Waals surface area contributed by atoms with Crippen LogP contribution in [0.2, 0.25) is 0 Å². The maximum atomic E-state index is 13.9. The second-order valence-corrected chi connectivity index (χ2v) is 9.36. The number of ether oxygens (including phenoxy) is 1. The SMILES string of the molecule is CCC(C(=O)N1CCc2nc(N3CCCCC3)nc(Oc3ccc(F)c(F)c3)c2C1)c1ccccc1. The third kappa shape index (κ3) is 5.03. The van der Waals surface area contributed by atoms with Crippen molar-refractivity contribution < 1.29 is 18.3 Å². The molecule has 6 nitrogen and oxygen atoms in total. The highest BCUT2D eigenvalue weighted by atomic mass is 19.2. The molecule has 1 unspecified atom stereocenters. The molecule has 1 fully saturated rings. The van der Waals surface area contributed by atoms with E-state index in [2.05, 4.69) is 4.90 Å². The Labute approximate surface area is 209 Å². The quantitative estimate of drug-likeness (QED) is 0.447. The Morgan fingerprint density at radius 1 is 1.00 bits per heavy atom. The highest BCUT2D eigenvalue weighted by Gasteiger charge is 2.31. The molecule has 0 saturated carbocycles. The summed E-state index contributed by atoms with van der Waals surface area (Å²) in [6.45, 7) is 4.60. The molecule has 3 aromatic rings. The van der Waals surface area contributed by atoms with Gasteiger partial charge in [-0.05, 0) is 43.4 Å². The highest BCUT2D eigenvalue weighted by molar-refractivity contribution is 5.84. The fourth-order valence-corrected chi connectivity index (χ4v) is 4.99. The summed E-state index contributed by atoms with van der Waals surface area (Å²) < 4.78 is 33.4. The molecule has 5 rings (SSSR count). The molecular weight excluding hydrogens is 462 g/mol. The molecular formula is C28H30F2N4O2. The molecule has 2 aliphatic heterocycles. The Kier molecular flexibility index (Phi) is 7.11. The number of hydrogen-bond acceptors (Lipinski definition) is 5. The van der Waals surface area contributed by atoms with Crippen LogP contribution in [0, 0.1) is 11.6 Å². The molecule has 1 amide bonds. The topological polar surface area (TPSA) is 58.6 Å². The summed E-state index contributed by atoms with van der Waals surface area (Å²) in [6, 6.07) is 13.2. The van der Waals surface area contributed by atoms with Crippen molar-refractivity contribution in [1.82, 2.24) is 14.9 Å². The third-order valence-electron chi connectivity index (χ3n) is 6.97. The van der Waals surface area contributed by atoms with E-state index in [1.54, 1.807) is 0 Å². The molecule has 0 radical (unpaired) electrons. The first-order chi connectivity index (χ1) is 17.5. The standard InChI is InChI=1S/C28H30F2N4O2/c1-2-21(19-9-5-3-6-10-19)27(35)34-16-13-25-22(18-34)26(36-20-11-12-23(29)24(30)17-20)32-28(31-25)33-14-7-4-8-15-33/h3,5-6,9-12,17,21H,2,4,7-8,13-16,18H2,1H3. The number of anilines is 1. The first kappa shape index (κ1) is 24.2. The zero-order chi connectivity index (χ0) is 25.1. The van der Waals surface area contributed by atoms with Crippen molar-refractivity contribution in [3.8, 4) is 11.6 Å². The zero-order valence-electron chi connectivity index (χ0n) is 20.4. The molecule has 0 spiro atoms. The van der Waals surface area contributed by atoms with E-state index in [1.165, 1.54) is 12.5 Å². The summed E-state index contributed by atoms with van der Waals surface area (Å²) in [6.07, 6.45) is 4.58. The van der Waals surface area contributed by atoms with Crippen LogP contribution < -0.4 is 9.64 Å². The van der Waals surface area contributed by atoms with Crippen molar-refractivity contribution in [2.45, 2.75) is 51.5 Å². The highest BCUT2D eigenvalue weighted by Crippen LogP contribution is 2.34. The molecule has 1 saturated heterocycles. The van der Waals surface area contributed by atoms with Crippen LogP contribution in [0.25, 0.3) is 0 Å². The second-order valence-electron chi connectivity index (χ2n) is 9.36. The average molecular weight is 493 g/mol. The molecule has 0 N–H and O–H groups in total. The number of aromatic nitrogens is 2. The number of piperidine rings is 1. The minimum absolute atomic E-state index is 0.0493. The lowest BCUT2D eigenvalue weighted by Crippen LogP contribution is -2.40. The molecule has 0 bridgehead atoms. The van der Waals surface area contributed by atoms with Crippen LogP contribution >= 0.6 is 0 Å². The second kappa shape index (κ2) is 10.6. The molecule has 0 aliphatic carbocycles. The molecule has 188 valence electrons. The summed E-state index contributed by atoms with van der Waals surface area (Å²) >= 11 is 0. The molecule has 2 aromatic carbocycles. The molecule has 36 heavy (non-hydrogen) atoms. The van der Waals surface area contributed by atoms with Crippen LogP contribution in [0.4, 0.5) is 14.7 Å². The first-order valence-corrected chi connectivity index (χ1v) is 12.6. The maximum absolute atomic E-state index is 13.9. The Morgan fingerprint density at radius 3 is 2.50 bits per heavy atom. The number of carbonyl (C=O) groups excluding carboxylic acids is 1. The largest absolute Gasteiger partial charge is 0.438 e. The average Bonchev–Trinajstić information content (AvgIpc) is 2.92. The van der Waals surface area contributed by atoms with E-state index in [-0.39, 0.29) is 23.5 Å². The molecule has 2 aliphatic rings. The van der Waals surface area contributed by atoms with Crippen LogP contribution in [0.5, 0.6) is 11.6 Å². The van der Waals surface area contributed by atoms with Crippen molar-refractivity contribution in [2.24, 2.45) is 0 Å². The fraction of sp³-hybridized carbons (Fsp3) is 0.393. The van der Waals surface area contributed by atoms with Gasteiger partial charge < -0.3 is 14.5 Å². The van der Waals surface area contributed by atoms with Gasteiger partial charge in [-0.2, -0.15) is 4.98 Å². The van der Waals surface area contributed by atoms with E-state index in [1.807, 2.05) is 42.2 Å². The Morgan fingerprint density at radius 2 is 1.78 bits per heavy atom. The van der Waals surface area contributed by atoms with Crippen LogP contribution in [0.3, 0.4) is 0 Å². The lowest BCUT2D eigenvalue weighted by atomic mass is 9.94. The minimum Gasteiger partial charge on any atom is -0.438 e. The predicted octanol–water partition coefficient (Wildman–Crippen LogP) is 5.62. The zero-order valence-corrected chi connectivity index (χ0v) is 20.4. The normalized spacial score (nSPS) is 16.4. The van der Waals surface area contributed by atoms with E-state index in [4.69, 9.17) is 14.7 Å². The monoisotopic (exact) mass is 492 g/mol. The van der Waals surface area contributed by atoms with Crippen LogP contribution in [-0.4, -0.2) is 40.4 Å². The van der Waals surface area contributed by atoms with Crippen molar-refractivity contribution in [1.29, 1.82) is 0 Å². The Hall–Kier alpha value is -3.55. The van der Waals surface area contributed by atoms with E-state index in [0.717, 1.165) is 49.3 Å². The van der Waals surface area contributed by atoms with Crippen LogP contribution in [0.1, 0.15) is 55.3 Å². The number of fused-ring (bicyclic) bond motifs is 1. The molecule has 1 atom stereocenters. The van der Waals surface area contributed by atoms with Crippen molar-refractivity contribution >= 4 is 11.9 Å². The number of nitrogens with zero attached hydrogens (tertiary/aromatic N) is 4. The maximum Gasteiger partial charge on any atom is 0.230 e. The smallest absolute Gasteiger partial charge is 0.230 e. The van der Waals surface area contributed by atoms with Crippen molar-refractivity contribution in [3.05, 3.63) is 77.0 Å². The minimum atomic E-state index is -0.989. The number of rotatable bonds is 6. The number of carbonyl (C=O) groups is 1. The Balaban J connectivity index is 1.47. The summed E-state index contributed by atoms with van der Waals surface area (Å²) in [7, 11) is 0. The van der Waals surface area contributed by atoms with Crippen molar-refractivity contribution in [2.75, 3.05) is 24.5 Å². The summed E-state index contributed by atoms with van der Waals surface area (Å²) in [5.41, 5.74) is 2.54. The van der Waals surface area contributed by atoms with E-state index >= 15 is 0 Å². The Bertz CT molecular complexity index is 1230. The first-order valence-electron chi connectivity index (χ1n) is 12.6. The molecule has 3 heterocycles. The van der Waals surface area contributed by atoms with E-state index in [0.29, 0.717) is 37.4 Å². The summed E-state index contributed by atoms with van der Waals surface area (Å²) in [4.78, 5) is 27.1. The summed E-state index contributed by atoms with van der Waals surface area (Å²) in [5.74, 6) is -1.09. The van der Waals surface area contributed by atoms with Gasteiger partial charge in [-0.3, -0.25) is 4.79 Å². The van der Waals surface area contributed by atoms with Gasteiger partial charge in [0, 0.05) is 32.1 Å². The van der Waals surface area contributed by atoms with E-state index < -0.39 is 11.6 Å². The van der Waals surface area contributed by atoms with Gasteiger partial charge in [0.1, 0.15) is 5.75 Å². The van der Waals surface area contributed by atoms with Gasteiger partial charge in [-0.1, -0.05) is 37.3 Å². The van der Waals surface area contributed by atoms with Crippen LogP contribution in [-0.2, 0) is 17.8 Å². The van der Waals surface area contributed by atoms with E-state index in [9.17, 15) is 13.6 Å². The van der Waals surface area contributed by atoms with Gasteiger partial charge in [0.05, 0.1) is 23.7 Å². The number of hydrogen-bond donors (Lipinski definition) is 0. The lowest BCUT2D eigenvalue weighted by Gasteiger charge is -2.33. The lowest BCUT2D eigenvalue weighted by molar-refractivity contribution is -0.133. The number of halogens is 2. The van der Waals surface area contributed by atoms with Gasteiger partial charge in [-0.15, -0.1) is 0 Å². The number of amides is 1. The van der Waals surface area contributed by atoms with Crippen LogP contribution in [0.15, 0.2) is 48.5 Å². The molecule has 1 aromatic heterocycles. The summed E-state index contributed by atoms with van der Waals surface area (Å²) in [5, 5.41) is 0. The van der Waals surface area contributed by atoms with Gasteiger partial charge in [-0.25, -0.2) is 13.8 Å². The fourth-order valence-electron chi connectivity index (χ4n) is 4.99. The molecule has 8 heteroatoms. The van der Waals surface area contributed by atoms with Gasteiger partial charge in [0.25, 0.3) is 0 Å². The third-order valence-corrected chi connectivity index (χ3v) is 6.97. The van der Waals surface area contributed by atoms with Gasteiger partial charge >= 0.3 is 0 Å². The van der Waals surface area contributed by atoms with Gasteiger partial charge in [0.2, 0.25) is 17.7 Å².